The molecule has 2 rings (SSSR count). The summed E-state index contributed by atoms with van der Waals surface area (Å²) in [7, 11) is 0. The maximum Gasteiger partial charge on any atom is 0.309 e. The molecule has 1 radical (unpaired) electrons. The van der Waals surface area contributed by atoms with Gasteiger partial charge in [-0.05, 0) is 51.0 Å². The fraction of sp³-hybridized carbons (Fsp3) is 0.733. The topological polar surface area (TPSA) is 47.6 Å². The minimum absolute atomic E-state index is 0.123. The molecular formula is C15H24NO3. The molecule has 0 aromatic rings. The number of esters is 1. The summed E-state index contributed by atoms with van der Waals surface area (Å²) in [6.07, 6.45) is 7.96. The van der Waals surface area contributed by atoms with Crippen LogP contribution in [0.2, 0.25) is 0 Å². The van der Waals surface area contributed by atoms with Crippen molar-refractivity contribution in [2.75, 3.05) is 19.8 Å². The molecule has 1 aliphatic heterocycles. The lowest BCUT2D eigenvalue weighted by atomic mass is 9.93. The second kappa shape index (κ2) is 7.53. The zero-order valence-corrected chi connectivity index (χ0v) is 11.7. The van der Waals surface area contributed by atoms with E-state index in [1.807, 2.05) is 6.92 Å². The Bertz CT molecular complexity index is 332. The number of carbonyl (C=O) groups excluding carboxylic acids is 1. The molecule has 0 unspecified atom stereocenters. The Labute approximate surface area is 115 Å². The van der Waals surface area contributed by atoms with Crippen LogP contribution < -0.4 is 5.32 Å². The van der Waals surface area contributed by atoms with E-state index in [4.69, 9.17) is 9.47 Å². The number of hydrogen-bond donors (Lipinski definition) is 1. The van der Waals surface area contributed by atoms with Crippen LogP contribution in [-0.2, 0) is 14.3 Å². The zero-order valence-electron chi connectivity index (χ0n) is 11.7. The van der Waals surface area contributed by atoms with Gasteiger partial charge < -0.3 is 14.8 Å². The summed E-state index contributed by atoms with van der Waals surface area (Å²) in [4.78, 5) is 11.6. The fourth-order valence-corrected chi connectivity index (χ4v) is 2.64. The minimum atomic E-state index is -0.123. The largest absolute Gasteiger partial charge is 0.466 e. The van der Waals surface area contributed by atoms with E-state index in [1.54, 1.807) is 0 Å². The highest BCUT2D eigenvalue weighted by Gasteiger charge is 2.20. The number of carbonyl (C=O) groups is 1. The Morgan fingerprint density at radius 1 is 1.47 bits per heavy atom. The second-order valence-electron chi connectivity index (χ2n) is 5.11. The molecule has 4 heteroatoms. The van der Waals surface area contributed by atoms with Crippen LogP contribution in [0, 0.1) is 6.42 Å². The molecule has 107 valence electrons. The number of rotatable bonds is 5. The van der Waals surface area contributed by atoms with Crippen molar-refractivity contribution < 1.29 is 14.3 Å². The molecule has 1 heterocycles. The monoisotopic (exact) mass is 266 g/mol. The summed E-state index contributed by atoms with van der Waals surface area (Å²) in [5.41, 5.74) is 2.38. The molecule has 4 nitrogen and oxygen atoms in total. The highest BCUT2D eigenvalue weighted by atomic mass is 16.5. The number of ether oxygens (including phenoxy) is 2. The van der Waals surface area contributed by atoms with Gasteiger partial charge in [0, 0.05) is 25.0 Å². The first-order chi connectivity index (χ1) is 9.29. The molecule has 2 aliphatic rings. The lowest BCUT2D eigenvalue weighted by Gasteiger charge is -2.29. The van der Waals surface area contributed by atoms with Crippen LogP contribution in [0.1, 0.15) is 45.4 Å². The quantitative estimate of drug-likeness (QED) is 0.776. The molecule has 0 aromatic heterocycles. The van der Waals surface area contributed by atoms with Crippen molar-refractivity contribution in [3.05, 3.63) is 17.7 Å². The van der Waals surface area contributed by atoms with E-state index < -0.39 is 0 Å². The van der Waals surface area contributed by atoms with Crippen molar-refractivity contribution in [1.29, 1.82) is 0 Å². The van der Waals surface area contributed by atoms with E-state index in [2.05, 4.69) is 11.7 Å². The summed E-state index contributed by atoms with van der Waals surface area (Å²) in [6, 6.07) is 0.493. The van der Waals surface area contributed by atoms with Gasteiger partial charge in [0.05, 0.1) is 13.0 Å². The zero-order chi connectivity index (χ0) is 13.5. The Kier molecular flexibility index (Phi) is 5.70. The van der Waals surface area contributed by atoms with E-state index in [-0.39, 0.29) is 5.97 Å². The summed E-state index contributed by atoms with van der Waals surface area (Å²) in [5.74, 6) is -0.123. The van der Waals surface area contributed by atoms with Crippen molar-refractivity contribution in [2.45, 2.75) is 51.5 Å². The van der Waals surface area contributed by atoms with Crippen molar-refractivity contribution in [2.24, 2.45) is 0 Å². The van der Waals surface area contributed by atoms with E-state index in [1.165, 1.54) is 5.70 Å². The molecule has 1 fully saturated rings. The maximum atomic E-state index is 11.6. The molecular weight excluding hydrogens is 242 g/mol. The van der Waals surface area contributed by atoms with E-state index in [0.29, 0.717) is 19.1 Å². The highest BCUT2D eigenvalue weighted by molar-refractivity contribution is 5.73. The van der Waals surface area contributed by atoms with Gasteiger partial charge in [0.2, 0.25) is 0 Å². The van der Waals surface area contributed by atoms with Crippen LogP contribution in [-0.4, -0.2) is 31.8 Å². The Morgan fingerprint density at radius 2 is 2.26 bits per heavy atom. The molecule has 19 heavy (non-hydrogen) atoms. The van der Waals surface area contributed by atoms with Crippen molar-refractivity contribution in [3.8, 4) is 0 Å². The third-order valence-corrected chi connectivity index (χ3v) is 3.65. The lowest BCUT2D eigenvalue weighted by molar-refractivity contribution is -0.142. The van der Waals surface area contributed by atoms with E-state index in [0.717, 1.165) is 50.9 Å². The predicted molar refractivity (Wildman–Crippen MR) is 73.4 cm³/mol. The van der Waals surface area contributed by atoms with Crippen LogP contribution >= 0.6 is 0 Å². The van der Waals surface area contributed by atoms with Gasteiger partial charge in [-0.3, -0.25) is 4.79 Å². The molecule has 1 N–H and O–H groups in total. The van der Waals surface area contributed by atoms with Gasteiger partial charge in [-0.15, -0.1) is 0 Å². The average Bonchev–Trinajstić information content (AvgIpc) is 2.42. The minimum Gasteiger partial charge on any atom is -0.466 e. The molecule has 1 aliphatic carbocycles. The molecule has 1 saturated heterocycles. The number of nitrogens with one attached hydrogen (secondary N) is 1. The molecule has 0 bridgehead atoms. The molecule has 0 amide bonds. The van der Waals surface area contributed by atoms with Gasteiger partial charge in [-0.1, -0.05) is 0 Å². The van der Waals surface area contributed by atoms with Crippen LogP contribution in [0.25, 0.3) is 0 Å². The predicted octanol–water partition coefficient (Wildman–Crippen LogP) is 2.35. The normalized spacial score (nSPS) is 21.3. The second-order valence-corrected chi connectivity index (χ2v) is 5.11. The van der Waals surface area contributed by atoms with Gasteiger partial charge in [-0.25, -0.2) is 0 Å². The van der Waals surface area contributed by atoms with Gasteiger partial charge in [0.1, 0.15) is 0 Å². The van der Waals surface area contributed by atoms with E-state index in [9.17, 15) is 4.79 Å². The number of allylic oxidation sites excluding steroid dienone is 1. The Hall–Kier alpha value is -1.03. The van der Waals surface area contributed by atoms with Crippen molar-refractivity contribution in [3.63, 3.8) is 0 Å². The Morgan fingerprint density at radius 3 is 3.00 bits per heavy atom. The van der Waals surface area contributed by atoms with Crippen LogP contribution in [0.3, 0.4) is 0 Å². The maximum absolute atomic E-state index is 11.6. The fourth-order valence-electron chi connectivity index (χ4n) is 2.64. The first-order valence-corrected chi connectivity index (χ1v) is 7.34. The number of hydrogen-bond acceptors (Lipinski definition) is 4. The first-order valence-electron chi connectivity index (χ1n) is 7.34. The van der Waals surface area contributed by atoms with E-state index >= 15 is 0 Å². The van der Waals surface area contributed by atoms with Crippen LogP contribution in [0.4, 0.5) is 0 Å². The third-order valence-electron chi connectivity index (χ3n) is 3.65. The molecule has 0 saturated carbocycles. The van der Waals surface area contributed by atoms with Gasteiger partial charge in [-0.2, -0.15) is 0 Å². The summed E-state index contributed by atoms with van der Waals surface area (Å²) in [6.45, 7) is 3.97. The summed E-state index contributed by atoms with van der Waals surface area (Å²) in [5, 5.41) is 3.62. The first kappa shape index (κ1) is 14.4. The van der Waals surface area contributed by atoms with Crippen LogP contribution in [0.15, 0.2) is 11.3 Å². The highest BCUT2D eigenvalue weighted by Crippen LogP contribution is 2.26. The smallest absolute Gasteiger partial charge is 0.309 e. The van der Waals surface area contributed by atoms with Gasteiger partial charge >= 0.3 is 5.97 Å². The Balaban J connectivity index is 1.95. The summed E-state index contributed by atoms with van der Waals surface area (Å²) >= 11 is 0. The van der Waals surface area contributed by atoms with Gasteiger partial charge in [0.15, 0.2) is 0 Å². The molecule has 0 spiro atoms. The van der Waals surface area contributed by atoms with Crippen molar-refractivity contribution in [1.82, 2.24) is 5.32 Å². The lowest BCUT2D eigenvalue weighted by Crippen LogP contribution is -2.35. The molecule has 0 aromatic carbocycles. The van der Waals surface area contributed by atoms with Crippen molar-refractivity contribution >= 4 is 5.97 Å². The third kappa shape index (κ3) is 4.53. The van der Waals surface area contributed by atoms with Crippen LogP contribution in [0.5, 0.6) is 0 Å². The molecule has 0 atom stereocenters. The van der Waals surface area contributed by atoms with Gasteiger partial charge in [0.25, 0.3) is 0 Å². The standard InChI is InChI=1S/C15H24NO3/c1-2-19-15(17)11-12-5-3-4-6-14(12)16-13-7-9-18-10-8-13/h5,13,16H,2-4,6-11H2,1H3. The SMILES string of the molecule is CCOC(=O)CC1=C(NC2CCOCC2)CCC[CH]1. The summed E-state index contributed by atoms with van der Waals surface area (Å²) < 4.78 is 10.4. The average molecular weight is 266 g/mol.